The minimum absolute atomic E-state index is 0.682. The zero-order valence-electron chi connectivity index (χ0n) is 11.4. The van der Waals surface area contributed by atoms with Gasteiger partial charge in [-0.1, -0.05) is 6.07 Å². The van der Waals surface area contributed by atoms with Gasteiger partial charge in [0, 0.05) is 49.0 Å². The van der Waals surface area contributed by atoms with Crippen LogP contribution in [0.1, 0.15) is 12.8 Å². The smallest absolute Gasteiger partial charge is 0.225 e. The molecule has 2 aromatic rings. The Bertz CT molecular complexity index is 540. The normalized spacial score (nSPS) is 18.4. The minimum Gasteiger partial charge on any atom is -0.341 e. The number of anilines is 1. The van der Waals surface area contributed by atoms with Crippen molar-refractivity contribution in [3.63, 3.8) is 0 Å². The molecule has 1 aliphatic heterocycles. The molecular weight excluding hydrogens is 250 g/mol. The van der Waals surface area contributed by atoms with Crippen LogP contribution in [0.3, 0.4) is 0 Å². The van der Waals surface area contributed by atoms with Crippen molar-refractivity contribution in [2.45, 2.75) is 12.8 Å². The number of aromatic nitrogens is 3. The summed E-state index contributed by atoms with van der Waals surface area (Å²) in [6.07, 6.45) is 9.60. The molecule has 1 aliphatic rings. The van der Waals surface area contributed by atoms with Gasteiger partial charge >= 0.3 is 0 Å². The van der Waals surface area contributed by atoms with Crippen LogP contribution in [-0.4, -0.2) is 34.6 Å². The van der Waals surface area contributed by atoms with Crippen molar-refractivity contribution in [2.24, 2.45) is 11.7 Å². The molecule has 1 saturated heterocycles. The van der Waals surface area contributed by atoms with Gasteiger partial charge in [0.25, 0.3) is 0 Å². The molecule has 0 saturated carbocycles. The van der Waals surface area contributed by atoms with Crippen LogP contribution in [0.5, 0.6) is 0 Å². The number of nitrogens with two attached hydrogens (primary N) is 1. The van der Waals surface area contributed by atoms with Crippen LogP contribution in [0, 0.1) is 5.92 Å². The number of hydrogen-bond donors (Lipinski definition) is 1. The zero-order chi connectivity index (χ0) is 13.8. The summed E-state index contributed by atoms with van der Waals surface area (Å²) >= 11 is 0. The van der Waals surface area contributed by atoms with Gasteiger partial charge in [0.05, 0.1) is 0 Å². The van der Waals surface area contributed by atoms with E-state index in [0.29, 0.717) is 5.92 Å². The van der Waals surface area contributed by atoms with Crippen molar-refractivity contribution >= 4 is 5.95 Å². The Labute approximate surface area is 118 Å². The molecule has 0 bridgehead atoms. The fourth-order valence-corrected chi connectivity index (χ4v) is 2.65. The quantitative estimate of drug-likeness (QED) is 0.915. The summed E-state index contributed by atoms with van der Waals surface area (Å²) < 4.78 is 0. The summed E-state index contributed by atoms with van der Waals surface area (Å²) in [7, 11) is 0. The second kappa shape index (κ2) is 5.96. The number of nitrogens with zero attached hydrogens (tertiary/aromatic N) is 4. The van der Waals surface area contributed by atoms with Crippen LogP contribution in [0.25, 0.3) is 11.1 Å². The first-order valence-electron chi connectivity index (χ1n) is 7.04. The molecule has 3 rings (SSSR count). The Morgan fingerprint density at radius 1 is 1.20 bits per heavy atom. The lowest BCUT2D eigenvalue weighted by molar-refractivity contribution is 0.545. The van der Waals surface area contributed by atoms with Crippen molar-refractivity contribution in [1.29, 1.82) is 0 Å². The first kappa shape index (κ1) is 13.0. The third-order valence-electron chi connectivity index (χ3n) is 3.78. The Balaban J connectivity index is 1.71. The lowest BCUT2D eigenvalue weighted by Crippen LogP contribution is -2.22. The van der Waals surface area contributed by atoms with Crippen LogP contribution >= 0.6 is 0 Å². The minimum atomic E-state index is 0.682. The summed E-state index contributed by atoms with van der Waals surface area (Å²) in [6.45, 7) is 2.81. The molecule has 20 heavy (non-hydrogen) atoms. The number of hydrogen-bond acceptors (Lipinski definition) is 5. The molecule has 1 atom stereocenters. The van der Waals surface area contributed by atoms with E-state index in [9.17, 15) is 0 Å². The Hall–Kier alpha value is -2.01. The highest BCUT2D eigenvalue weighted by Gasteiger charge is 2.23. The lowest BCUT2D eigenvalue weighted by atomic mass is 10.1. The van der Waals surface area contributed by atoms with E-state index in [2.05, 4.69) is 19.9 Å². The molecule has 2 aromatic heterocycles. The van der Waals surface area contributed by atoms with Crippen molar-refractivity contribution in [2.75, 3.05) is 24.5 Å². The molecule has 3 heterocycles. The van der Waals surface area contributed by atoms with Gasteiger partial charge in [-0.15, -0.1) is 0 Å². The lowest BCUT2D eigenvalue weighted by Gasteiger charge is -2.16. The van der Waals surface area contributed by atoms with Gasteiger partial charge in [0.15, 0.2) is 0 Å². The fourth-order valence-electron chi connectivity index (χ4n) is 2.65. The van der Waals surface area contributed by atoms with Gasteiger partial charge in [0.1, 0.15) is 0 Å². The Morgan fingerprint density at radius 3 is 2.75 bits per heavy atom. The maximum absolute atomic E-state index is 5.62. The standard InChI is InChI=1S/C15H19N5/c16-5-3-12-4-7-20(11-12)15-18-9-14(10-19-15)13-2-1-6-17-8-13/h1-2,6,8-10,12H,3-5,7,11,16H2. The third-order valence-corrected chi connectivity index (χ3v) is 3.78. The van der Waals surface area contributed by atoms with Crippen LogP contribution in [0.4, 0.5) is 5.95 Å². The van der Waals surface area contributed by atoms with Gasteiger partial charge in [0.2, 0.25) is 5.95 Å². The summed E-state index contributed by atoms with van der Waals surface area (Å²) in [5.74, 6) is 1.50. The first-order chi connectivity index (χ1) is 9.86. The SMILES string of the molecule is NCCC1CCN(c2ncc(-c3cccnc3)cn2)C1. The Kier molecular flexibility index (Phi) is 3.87. The van der Waals surface area contributed by atoms with Crippen LogP contribution in [-0.2, 0) is 0 Å². The first-order valence-corrected chi connectivity index (χ1v) is 7.04. The van der Waals surface area contributed by atoms with E-state index < -0.39 is 0 Å². The van der Waals surface area contributed by atoms with E-state index >= 15 is 0 Å². The maximum atomic E-state index is 5.62. The molecule has 1 fully saturated rings. The van der Waals surface area contributed by atoms with E-state index in [1.54, 1.807) is 6.20 Å². The van der Waals surface area contributed by atoms with Gasteiger partial charge < -0.3 is 10.6 Å². The van der Waals surface area contributed by atoms with Crippen molar-refractivity contribution in [3.05, 3.63) is 36.9 Å². The van der Waals surface area contributed by atoms with Crippen LogP contribution in [0.2, 0.25) is 0 Å². The van der Waals surface area contributed by atoms with Crippen molar-refractivity contribution < 1.29 is 0 Å². The molecule has 0 radical (unpaired) electrons. The summed E-state index contributed by atoms with van der Waals surface area (Å²) in [4.78, 5) is 15.3. The van der Waals surface area contributed by atoms with E-state index in [0.717, 1.165) is 43.1 Å². The molecule has 1 unspecified atom stereocenters. The van der Waals surface area contributed by atoms with Crippen LogP contribution in [0.15, 0.2) is 36.9 Å². The summed E-state index contributed by atoms with van der Waals surface area (Å²) in [5.41, 5.74) is 7.66. The molecule has 0 spiro atoms. The average molecular weight is 269 g/mol. The molecule has 0 aromatic carbocycles. The predicted octanol–water partition coefficient (Wildman–Crippen LogP) is 1.71. The van der Waals surface area contributed by atoms with Crippen molar-refractivity contribution in [3.8, 4) is 11.1 Å². The van der Waals surface area contributed by atoms with Gasteiger partial charge in [-0.25, -0.2) is 9.97 Å². The zero-order valence-corrected chi connectivity index (χ0v) is 11.4. The van der Waals surface area contributed by atoms with E-state index in [1.807, 2.05) is 30.7 Å². The van der Waals surface area contributed by atoms with Crippen LogP contribution < -0.4 is 10.6 Å². The molecule has 5 nitrogen and oxygen atoms in total. The molecule has 0 aliphatic carbocycles. The predicted molar refractivity (Wildman–Crippen MR) is 79.3 cm³/mol. The van der Waals surface area contributed by atoms with E-state index in [4.69, 9.17) is 5.73 Å². The third kappa shape index (κ3) is 2.77. The number of rotatable bonds is 4. The van der Waals surface area contributed by atoms with Gasteiger partial charge in [-0.05, 0) is 31.4 Å². The molecule has 2 N–H and O–H groups in total. The Morgan fingerprint density at radius 2 is 2.05 bits per heavy atom. The monoisotopic (exact) mass is 269 g/mol. The second-order valence-electron chi connectivity index (χ2n) is 5.19. The highest BCUT2D eigenvalue weighted by atomic mass is 15.3. The average Bonchev–Trinajstić information content (AvgIpc) is 2.97. The molecule has 5 heteroatoms. The largest absolute Gasteiger partial charge is 0.341 e. The summed E-state index contributed by atoms with van der Waals surface area (Å²) in [6, 6.07) is 3.93. The van der Waals surface area contributed by atoms with E-state index in [1.165, 1.54) is 6.42 Å². The highest BCUT2D eigenvalue weighted by Crippen LogP contribution is 2.23. The molecule has 104 valence electrons. The van der Waals surface area contributed by atoms with Crippen molar-refractivity contribution in [1.82, 2.24) is 15.0 Å². The highest BCUT2D eigenvalue weighted by molar-refractivity contribution is 5.60. The molecule has 0 amide bonds. The fraction of sp³-hybridized carbons (Fsp3) is 0.400. The topological polar surface area (TPSA) is 67.9 Å². The van der Waals surface area contributed by atoms with E-state index in [-0.39, 0.29) is 0 Å². The van der Waals surface area contributed by atoms with Gasteiger partial charge in [-0.2, -0.15) is 0 Å². The molecular formula is C15H19N5. The summed E-state index contributed by atoms with van der Waals surface area (Å²) in [5, 5.41) is 0. The second-order valence-corrected chi connectivity index (χ2v) is 5.19. The number of pyridine rings is 1. The maximum Gasteiger partial charge on any atom is 0.225 e. The van der Waals surface area contributed by atoms with Gasteiger partial charge in [-0.3, -0.25) is 4.98 Å².